The van der Waals surface area contributed by atoms with Crippen LogP contribution in [0.1, 0.15) is 18.4 Å². The van der Waals surface area contributed by atoms with Crippen LogP contribution in [-0.2, 0) is 9.59 Å². The Kier molecular flexibility index (Phi) is 3.42. The quantitative estimate of drug-likeness (QED) is 0.348. The first-order valence-corrected chi connectivity index (χ1v) is 4.61. The summed E-state index contributed by atoms with van der Waals surface area (Å²) in [7, 11) is 0. The molecule has 7 nitrogen and oxygen atoms in total. The molecule has 0 aliphatic heterocycles. The topological polar surface area (TPSA) is 124 Å². The Labute approximate surface area is 96.0 Å². The fraction of sp³-hybridized carbons (Fsp3) is 0.200. The molecule has 0 aliphatic rings. The Balaban J connectivity index is 3.36. The number of anilines is 1. The van der Waals surface area contributed by atoms with E-state index < -0.39 is 22.6 Å². The van der Waals surface area contributed by atoms with Crippen molar-refractivity contribution in [1.82, 2.24) is 0 Å². The largest absolute Gasteiger partial charge is 0.480 e. The van der Waals surface area contributed by atoms with Gasteiger partial charge in [0.25, 0.3) is 5.69 Å². The van der Waals surface area contributed by atoms with Crippen LogP contribution < -0.4 is 5.73 Å². The van der Waals surface area contributed by atoms with Gasteiger partial charge < -0.3 is 10.8 Å². The molecule has 0 heterocycles. The summed E-state index contributed by atoms with van der Waals surface area (Å²) in [5.41, 5.74) is 5.21. The average molecular weight is 238 g/mol. The number of nitro benzene ring substituents is 1. The molecule has 90 valence electrons. The highest BCUT2D eigenvalue weighted by Crippen LogP contribution is 2.27. The predicted molar refractivity (Wildman–Crippen MR) is 58.6 cm³/mol. The SMILES string of the molecule is CC(=O)C(C(=O)O)c1cc([N+](=O)[O-])ccc1N. The Morgan fingerprint density at radius 2 is 2.06 bits per heavy atom. The highest BCUT2D eigenvalue weighted by Gasteiger charge is 2.28. The van der Waals surface area contributed by atoms with Gasteiger partial charge in [0.05, 0.1) is 4.92 Å². The number of carboxylic acids is 1. The number of benzene rings is 1. The predicted octanol–water partition coefficient (Wildman–Crippen LogP) is 0.934. The third kappa shape index (κ3) is 2.57. The lowest BCUT2D eigenvalue weighted by molar-refractivity contribution is -0.384. The molecule has 1 rings (SSSR count). The van der Waals surface area contributed by atoms with Crippen LogP contribution in [0, 0.1) is 10.1 Å². The van der Waals surface area contributed by atoms with E-state index in [1.165, 1.54) is 6.07 Å². The molecule has 1 atom stereocenters. The van der Waals surface area contributed by atoms with Crippen LogP contribution in [0.5, 0.6) is 0 Å². The Bertz CT molecular complexity index is 483. The van der Waals surface area contributed by atoms with Crippen molar-refractivity contribution in [2.75, 3.05) is 5.73 Å². The number of carboxylic acid groups (broad SMARTS) is 1. The van der Waals surface area contributed by atoms with Crippen molar-refractivity contribution >= 4 is 23.1 Å². The van der Waals surface area contributed by atoms with Gasteiger partial charge >= 0.3 is 5.97 Å². The smallest absolute Gasteiger partial charge is 0.318 e. The molecule has 0 fully saturated rings. The van der Waals surface area contributed by atoms with Gasteiger partial charge in [-0.25, -0.2) is 0 Å². The molecule has 0 radical (unpaired) electrons. The lowest BCUT2D eigenvalue weighted by atomic mass is 9.93. The highest BCUT2D eigenvalue weighted by molar-refractivity contribution is 6.03. The number of nitrogen functional groups attached to an aromatic ring is 1. The van der Waals surface area contributed by atoms with Crippen LogP contribution in [0.3, 0.4) is 0 Å². The molecule has 1 unspecified atom stereocenters. The summed E-state index contributed by atoms with van der Waals surface area (Å²) >= 11 is 0. The summed E-state index contributed by atoms with van der Waals surface area (Å²) in [6, 6.07) is 3.37. The Hall–Kier alpha value is -2.44. The lowest BCUT2D eigenvalue weighted by Gasteiger charge is -2.11. The number of carbonyl (C=O) groups excluding carboxylic acids is 1. The van der Waals surface area contributed by atoms with Gasteiger partial charge in [-0.2, -0.15) is 0 Å². The maximum Gasteiger partial charge on any atom is 0.318 e. The zero-order chi connectivity index (χ0) is 13.2. The van der Waals surface area contributed by atoms with Gasteiger partial charge in [0, 0.05) is 23.4 Å². The molecular formula is C10H10N2O5. The summed E-state index contributed by atoms with van der Waals surface area (Å²) in [6.45, 7) is 1.09. The molecule has 17 heavy (non-hydrogen) atoms. The minimum atomic E-state index is -1.48. The zero-order valence-corrected chi connectivity index (χ0v) is 8.91. The first-order valence-electron chi connectivity index (χ1n) is 4.61. The molecule has 1 aromatic rings. The normalized spacial score (nSPS) is 11.8. The number of carbonyl (C=O) groups is 2. The van der Waals surface area contributed by atoms with E-state index in [9.17, 15) is 19.7 Å². The molecular weight excluding hydrogens is 228 g/mol. The van der Waals surface area contributed by atoms with Gasteiger partial charge in [-0.1, -0.05) is 0 Å². The fourth-order valence-electron chi connectivity index (χ4n) is 1.45. The van der Waals surface area contributed by atoms with Gasteiger partial charge in [-0.05, 0) is 13.0 Å². The van der Waals surface area contributed by atoms with Crippen molar-refractivity contribution in [2.24, 2.45) is 0 Å². The van der Waals surface area contributed by atoms with Gasteiger partial charge in [0.1, 0.15) is 11.7 Å². The molecule has 0 saturated heterocycles. The van der Waals surface area contributed by atoms with E-state index in [-0.39, 0.29) is 16.9 Å². The van der Waals surface area contributed by atoms with Crippen molar-refractivity contribution in [3.63, 3.8) is 0 Å². The second-order valence-corrected chi connectivity index (χ2v) is 3.45. The third-order valence-electron chi connectivity index (χ3n) is 2.25. The van der Waals surface area contributed by atoms with Crippen LogP contribution in [0.4, 0.5) is 11.4 Å². The van der Waals surface area contributed by atoms with Crippen molar-refractivity contribution in [3.8, 4) is 0 Å². The molecule has 0 spiro atoms. The summed E-state index contributed by atoms with van der Waals surface area (Å²) in [5.74, 6) is -3.50. The number of nitrogens with two attached hydrogens (primary N) is 1. The molecule has 1 aromatic carbocycles. The number of aliphatic carboxylic acids is 1. The fourth-order valence-corrected chi connectivity index (χ4v) is 1.45. The Morgan fingerprint density at radius 1 is 1.47 bits per heavy atom. The highest BCUT2D eigenvalue weighted by atomic mass is 16.6. The van der Waals surface area contributed by atoms with E-state index in [1.807, 2.05) is 0 Å². The van der Waals surface area contributed by atoms with Crippen molar-refractivity contribution in [3.05, 3.63) is 33.9 Å². The van der Waals surface area contributed by atoms with Crippen LogP contribution >= 0.6 is 0 Å². The van der Waals surface area contributed by atoms with Crippen molar-refractivity contribution < 1.29 is 19.6 Å². The Morgan fingerprint density at radius 3 is 2.47 bits per heavy atom. The van der Waals surface area contributed by atoms with E-state index in [1.54, 1.807) is 0 Å². The number of Topliss-reactive ketones (excluding diaryl/α,β-unsaturated/α-hetero) is 1. The second kappa shape index (κ2) is 4.60. The van der Waals surface area contributed by atoms with E-state index in [4.69, 9.17) is 10.8 Å². The van der Waals surface area contributed by atoms with Crippen molar-refractivity contribution in [1.29, 1.82) is 0 Å². The van der Waals surface area contributed by atoms with Crippen LogP contribution in [-0.4, -0.2) is 21.8 Å². The second-order valence-electron chi connectivity index (χ2n) is 3.45. The van der Waals surface area contributed by atoms with Crippen LogP contribution in [0.2, 0.25) is 0 Å². The monoisotopic (exact) mass is 238 g/mol. The summed E-state index contributed by atoms with van der Waals surface area (Å²) in [4.78, 5) is 32.0. The van der Waals surface area contributed by atoms with Crippen molar-refractivity contribution in [2.45, 2.75) is 12.8 Å². The number of nitro groups is 1. The first kappa shape index (κ1) is 12.6. The van der Waals surface area contributed by atoms with Gasteiger partial charge in [-0.3, -0.25) is 19.7 Å². The number of nitrogens with zero attached hydrogens (tertiary/aromatic N) is 1. The third-order valence-corrected chi connectivity index (χ3v) is 2.25. The minimum absolute atomic E-state index is 0.0400. The van der Waals surface area contributed by atoms with Crippen LogP contribution in [0.25, 0.3) is 0 Å². The van der Waals surface area contributed by atoms with E-state index in [0.717, 1.165) is 19.1 Å². The molecule has 3 N–H and O–H groups in total. The van der Waals surface area contributed by atoms with Gasteiger partial charge in [-0.15, -0.1) is 0 Å². The summed E-state index contributed by atoms with van der Waals surface area (Å²) < 4.78 is 0. The number of rotatable bonds is 4. The number of hydrogen-bond acceptors (Lipinski definition) is 5. The first-order chi connectivity index (χ1) is 7.84. The molecule has 0 amide bonds. The molecule has 0 bridgehead atoms. The number of non-ortho nitro benzene ring substituents is 1. The van der Waals surface area contributed by atoms with E-state index >= 15 is 0 Å². The molecule has 0 aromatic heterocycles. The van der Waals surface area contributed by atoms with E-state index in [2.05, 4.69) is 0 Å². The number of ketones is 1. The summed E-state index contributed by atoms with van der Waals surface area (Å²) in [6.07, 6.45) is 0. The minimum Gasteiger partial charge on any atom is -0.480 e. The van der Waals surface area contributed by atoms with Crippen LogP contribution in [0.15, 0.2) is 18.2 Å². The maximum atomic E-state index is 11.2. The average Bonchev–Trinajstić information content (AvgIpc) is 2.19. The molecule has 0 aliphatic carbocycles. The van der Waals surface area contributed by atoms with Gasteiger partial charge in [0.2, 0.25) is 0 Å². The molecule has 7 heteroatoms. The zero-order valence-electron chi connectivity index (χ0n) is 8.91. The molecule has 0 saturated carbocycles. The van der Waals surface area contributed by atoms with Gasteiger partial charge in [0.15, 0.2) is 0 Å². The maximum absolute atomic E-state index is 11.2. The summed E-state index contributed by atoms with van der Waals surface area (Å²) in [5, 5.41) is 19.5. The number of hydrogen-bond donors (Lipinski definition) is 2. The lowest BCUT2D eigenvalue weighted by Crippen LogP contribution is -2.20. The van der Waals surface area contributed by atoms with E-state index in [0.29, 0.717) is 0 Å². The standard InChI is InChI=1S/C10H10N2O5/c1-5(13)9(10(14)15)7-4-6(12(16)17)2-3-8(7)11/h2-4,9H,11H2,1H3,(H,14,15).